The lowest BCUT2D eigenvalue weighted by Crippen LogP contribution is -2.68. The molecule has 0 saturated carbocycles. The van der Waals surface area contributed by atoms with Crippen molar-refractivity contribution in [1.29, 1.82) is 0 Å². The molecule has 0 aliphatic carbocycles. The van der Waals surface area contributed by atoms with E-state index in [2.05, 4.69) is 68.2 Å². The molecule has 0 fully saturated rings. The molecule has 0 spiro atoms. The Kier molecular flexibility index (Phi) is 5.37. The molecule has 0 N–H and O–H groups in total. The van der Waals surface area contributed by atoms with Gasteiger partial charge in [0.05, 0.1) is 17.9 Å². The zero-order chi connectivity index (χ0) is 17.3. The van der Waals surface area contributed by atoms with Crippen LogP contribution in [0.5, 0.6) is 0 Å². The van der Waals surface area contributed by atoms with Gasteiger partial charge >= 0.3 is 0 Å². The highest BCUT2D eigenvalue weighted by Gasteiger charge is 2.44. The molecule has 0 aromatic heterocycles. The maximum atomic E-state index is 8.49. The fourth-order valence-electron chi connectivity index (χ4n) is 2.92. The molecule has 1 aromatic rings. The second-order valence-electron chi connectivity index (χ2n) is 5.77. The summed E-state index contributed by atoms with van der Waals surface area (Å²) in [4.78, 5) is 0. The molecular weight excluding hydrogens is 338 g/mol. The van der Waals surface area contributed by atoms with Crippen molar-refractivity contribution in [3.8, 4) is 0 Å². The topological polar surface area (TPSA) is 92.2 Å². The van der Waals surface area contributed by atoms with Gasteiger partial charge in [-0.05, 0) is 18.6 Å². The van der Waals surface area contributed by atoms with Gasteiger partial charge in [0.2, 0.25) is 5.88 Å². The molecule has 2 aliphatic rings. The van der Waals surface area contributed by atoms with E-state index in [0.29, 0.717) is 10.9 Å². The van der Waals surface area contributed by atoms with Crippen molar-refractivity contribution in [2.75, 3.05) is 19.2 Å². The summed E-state index contributed by atoms with van der Waals surface area (Å²) in [5, 5.41) is 2.46. The first-order chi connectivity index (χ1) is 10.6. The van der Waals surface area contributed by atoms with Gasteiger partial charge < -0.3 is 0 Å². The summed E-state index contributed by atoms with van der Waals surface area (Å²) in [6.45, 7) is 2.20. The third kappa shape index (κ3) is 4.92. The number of nitrogens with zero attached hydrogens (tertiary/aromatic N) is 1. The van der Waals surface area contributed by atoms with Crippen LogP contribution in [0, 0.1) is 10.2 Å². The molecule has 1 aromatic carbocycles. The van der Waals surface area contributed by atoms with Gasteiger partial charge in [-0.1, -0.05) is 30.3 Å². The molecule has 3 rings (SSSR count). The average molecular weight is 357 g/mol. The summed E-state index contributed by atoms with van der Waals surface area (Å²) >= 11 is 0. The minimum atomic E-state index is -4.94. The van der Waals surface area contributed by atoms with Gasteiger partial charge in [0, 0.05) is 11.1 Å². The number of rotatable bonds is 1. The lowest BCUT2D eigenvalue weighted by atomic mass is 9.97. The quantitative estimate of drug-likeness (QED) is 0.463. The summed E-state index contributed by atoms with van der Waals surface area (Å²) in [5.74, 6) is 1.21. The van der Waals surface area contributed by atoms with Crippen molar-refractivity contribution in [2.24, 2.45) is 0 Å². The smallest absolute Gasteiger partial charge is 0.222 e. The molecule has 0 bridgehead atoms. The molecule has 7 heteroatoms. The van der Waals surface area contributed by atoms with Crippen LogP contribution in [0.2, 0.25) is 0 Å². The highest BCUT2D eigenvalue weighted by molar-refractivity contribution is 7.99. The van der Waals surface area contributed by atoms with Crippen molar-refractivity contribution >= 4 is 16.5 Å². The summed E-state index contributed by atoms with van der Waals surface area (Å²) in [7, 11) is -2.24. The molecular formula is C16H19ClNO4S+. The molecule has 124 valence electrons. The number of fused-ring (bicyclic) bond motifs is 1. The molecule has 23 heavy (non-hydrogen) atoms. The van der Waals surface area contributed by atoms with E-state index in [9.17, 15) is 0 Å². The number of allylic oxidation sites excluding steroid dienone is 3. The fraction of sp³-hybridized carbons (Fsp3) is 0.250. The van der Waals surface area contributed by atoms with Gasteiger partial charge in [-0.3, -0.25) is 0 Å². The van der Waals surface area contributed by atoms with Crippen molar-refractivity contribution in [1.82, 2.24) is 0 Å². The maximum Gasteiger partial charge on any atom is 0.246 e. The first-order valence-corrected chi connectivity index (χ1v) is 9.96. The predicted octanol–water partition coefficient (Wildman–Crippen LogP) is -1.26. The Morgan fingerprint density at radius 2 is 1.65 bits per heavy atom. The Morgan fingerprint density at radius 1 is 1.09 bits per heavy atom. The van der Waals surface area contributed by atoms with E-state index in [0.717, 1.165) is 4.48 Å². The first-order valence-electron chi connectivity index (χ1n) is 6.86. The maximum absolute atomic E-state index is 8.49. The van der Waals surface area contributed by atoms with Crippen LogP contribution in [0.1, 0.15) is 12.5 Å². The number of hydrogen-bond acceptors (Lipinski definition) is 4. The summed E-state index contributed by atoms with van der Waals surface area (Å²) in [6.07, 6.45) is 7.04. The van der Waals surface area contributed by atoms with E-state index < -0.39 is 10.2 Å². The van der Waals surface area contributed by atoms with E-state index in [1.54, 1.807) is 0 Å². The third-order valence-corrected chi connectivity index (χ3v) is 5.13. The van der Waals surface area contributed by atoms with Crippen molar-refractivity contribution in [3.63, 3.8) is 0 Å². The number of halogens is 1. The first kappa shape index (κ1) is 18.2. The standard InChI is InChI=1S/C16H19NS.ClHO4/c1-13-9-15(14-7-5-4-6-8-14)16-11-18(3)12-17(16,2)10-13;2-1(3,4)5/h4-11H,12H2,1-3H3;(H,2,3,4,5)/q+2;/p-1. The minimum Gasteiger partial charge on any atom is -0.222 e. The third-order valence-electron chi connectivity index (χ3n) is 3.56. The zero-order valence-corrected chi connectivity index (χ0v) is 14.8. The second kappa shape index (κ2) is 6.78. The largest absolute Gasteiger partial charge is 0.246 e. The lowest BCUT2D eigenvalue weighted by molar-refractivity contribution is -2.00. The Hall–Kier alpha value is -1.12. The van der Waals surface area contributed by atoms with E-state index >= 15 is 0 Å². The highest BCUT2D eigenvalue weighted by atomic mass is 35.7. The highest BCUT2D eigenvalue weighted by Crippen LogP contribution is 2.40. The van der Waals surface area contributed by atoms with Crippen LogP contribution in [0.15, 0.2) is 59.3 Å². The lowest BCUT2D eigenvalue weighted by Gasteiger charge is -2.29. The number of hydrogen-bond donors (Lipinski definition) is 0. The zero-order valence-electron chi connectivity index (χ0n) is 13.2. The molecule has 0 saturated heterocycles. The van der Waals surface area contributed by atoms with Crippen molar-refractivity contribution in [3.05, 3.63) is 64.8 Å². The van der Waals surface area contributed by atoms with Crippen LogP contribution < -0.4 is 18.6 Å². The van der Waals surface area contributed by atoms with Gasteiger partial charge in [0.25, 0.3) is 0 Å². The van der Waals surface area contributed by atoms with Crippen LogP contribution in [-0.4, -0.2) is 23.7 Å². The number of quaternary nitrogens is 1. The molecule has 2 atom stereocenters. The van der Waals surface area contributed by atoms with E-state index in [4.69, 9.17) is 18.6 Å². The molecule has 5 nitrogen and oxygen atoms in total. The fourth-order valence-corrected chi connectivity index (χ4v) is 4.81. The summed E-state index contributed by atoms with van der Waals surface area (Å²) in [5.41, 5.74) is 5.57. The number of benzene rings is 1. The monoisotopic (exact) mass is 356 g/mol. The SMILES string of the molecule is CC1=C[N+]2(C)C[S+](C)C=C2C(c2ccccc2)=C1.[O-][Cl+3]([O-])([O-])[O-]. The van der Waals surface area contributed by atoms with Crippen LogP contribution in [-0.2, 0) is 10.9 Å². The Labute approximate surface area is 141 Å². The van der Waals surface area contributed by atoms with Crippen LogP contribution in [0.4, 0.5) is 0 Å². The van der Waals surface area contributed by atoms with Gasteiger partial charge in [-0.2, -0.15) is 0 Å². The van der Waals surface area contributed by atoms with Gasteiger partial charge in [-0.15, -0.1) is 10.2 Å². The van der Waals surface area contributed by atoms with Gasteiger partial charge in [-0.25, -0.2) is 23.1 Å². The normalized spacial score (nSPS) is 26.4. The van der Waals surface area contributed by atoms with E-state index in [1.165, 1.54) is 28.3 Å². The number of likely N-dealkylation sites (N-methyl/N-ethyl adjacent to an activating group) is 1. The summed E-state index contributed by atoms with van der Waals surface area (Å²) < 4.78 is 34.9. The van der Waals surface area contributed by atoms with Crippen LogP contribution in [0.3, 0.4) is 0 Å². The van der Waals surface area contributed by atoms with Crippen molar-refractivity contribution < 1.29 is 33.4 Å². The predicted molar refractivity (Wildman–Crippen MR) is 80.6 cm³/mol. The summed E-state index contributed by atoms with van der Waals surface area (Å²) in [6, 6.07) is 10.7. The Bertz CT molecular complexity index is 660. The second-order valence-corrected chi connectivity index (χ2v) is 8.40. The van der Waals surface area contributed by atoms with E-state index in [-0.39, 0.29) is 0 Å². The molecule has 0 amide bonds. The minimum absolute atomic E-state index is 0.383. The van der Waals surface area contributed by atoms with Crippen LogP contribution in [0.25, 0.3) is 5.57 Å². The molecule has 2 aliphatic heterocycles. The van der Waals surface area contributed by atoms with Crippen LogP contribution >= 0.6 is 0 Å². The van der Waals surface area contributed by atoms with E-state index in [1.807, 2.05) is 0 Å². The van der Waals surface area contributed by atoms with Gasteiger partial charge in [0.15, 0.2) is 11.1 Å². The molecule has 0 radical (unpaired) electrons. The van der Waals surface area contributed by atoms with Gasteiger partial charge in [0.1, 0.15) is 12.5 Å². The van der Waals surface area contributed by atoms with Crippen molar-refractivity contribution in [2.45, 2.75) is 6.92 Å². The Morgan fingerprint density at radius 3 is 2.22 bits per heavy atom. The average Bonchev–Trinajstić information content (AvgIpc) is 2.70. The Balaban J connectivity index is 0.000000338. The molecule has 2 heterocycles. The molecule has 2 unspecified atom stereocenters.